The number of nitrogens with zero attached hydrogens (tertiary/aromatic N) is 3. The van der Waals surface area contributed by atoms with E-state index >= 15 is 0 Å². The Hall–Kier alpha value is -1.76. The molecule has 0 bridgehead atoms. The molecule has 19 heavy (non-hydrogen) atoms. The van der Waals surface area contributed by atoms with Crippen LogP contribution >= 0.6 is 0 Å². The molecule has 1 aromatic carbocycles. The molecule has 2 unspecified atom stereocenters. The van der Waals surface area contributed by atoms with Gasteiger partial charge in [-0.1, -0.05) is 12.1 Å². The number of aromatic carboxylic acids is 1. The predicted molar refractivity (Wildman–Crippen MR) is 72.6 cm³/mol. The van der Waals surface area contributed by atoms with E-state index in [-0.39, 0.29) is 10.8 Å². The summed E-state index contributed by atoms with van der Waals surface area (Å²) in [7, 11) is -0.855. The van der Waals surface area contributed by atoms with Crippen molar-refractivity contribution in [2.24, 2.45) is 0 Å². The molecule has 2 rings (SSSR count). The van der Waals surface area contributed by atoms with Gasteiger partial charge in [0.1, 0.15) is 5.52 Å². The lowest BCUT2D eigenvalue weighted by molar-refractivity contribution is 0.0697. The molecular weight excluding hydrogens is 266 g/mol. The second-order valence-corrected chi connectivity index (χ2v) is 6.22. The van der Waals surface area contributed by atoms with Gasteiger partial charge in [-0.2, -0.15) is 0 Å². The summed E-state index contributed by atoms with van der Waals surface area (Å²) in [6, 6.07) is 4.74. The largest absolute Gasteiger partial charge is 0.478 e. The molecule has 0 radical (unpaired) electrons. The molecule has 7 heteroatoms. The summed E-state index contributed by atoms with van der Waals surface area (Å²) < 4.78 is 13.0. The minimum Gasteiger partial charge on any atom is -0.478 e. The van der Waals surface area contributed by atoms with Gasteiger partial charge in [-0.3, -0.25) is 4.21 Å². The molecular formula is C12H15N3O3S. The normalized spacial score (nSPS) is 14.4. The van der Waals surface area contributed by atoms with Gasteiger partial charge in [0.25, 0.3) is 0 Å². The highest BCUT2D eigenvalue weighted by Crippen LogP contribution is 2.14. The third-order valence-corrected chi connectivity index (χ3v) is 4.44. The second-order valence-electron chi connectivity index (χ2n) is 4.42. The van der Waals surface area contributed by atoms with Gasteiger partial charge in [-0.15, -0.1) is 5.10 Å². The number of benzene rings is 1. The number of carboxylic acid groups (broad SMARTS) is 1. The predicted octanol–water partition coefficient (Wildman–Crippen LogP) is 1.29. The number of carbonyl (C=O) groups is 1. The minimum atomic E-state index is -0.980. The van der Waals surface area contributed by atoms with E-state index in [0.29, 0.717) is 12.1 Å². The number of aromatic nitrogens is 3. The molecule has 0 aliphatic heterocycles. The van der Waals surface area contributed by atoms with Crippen LogP contribution in [0, 0.1) is 0 Å². The van der Waals surface area contributed by atoms with E-state index in [4.69, 9.17) is 5.11 Å². The number of carboxylic acids is 1. The maximum absolute atomic E-state index is 11.3. The first kappa shape index (κ1) is 13.7. The van der Waals surface area contributed by atoms with E-state index < -0.39 is 16.8 Å². The molecule has 0 amide bonds. The highest BCUT2D eigenvalue weighted by atomic mass is 32.2. The first-order chi connectivity index (χ1) is 8.99. The van der Waals surface area contributed by atoms with Crippen molar-refractivity contribution in [3.8, 4) is 0 Å². The molecule has 1 N–H and O–H groups in total. The average Bonchev–Trinajstić information content (AvgIpc) is 2.77. The number of fused-ring (bicyclic) bond motifs is 1. The van der Waals surface area contributed by atoms with Crippen LogP contribution in [0.15, 0.2) is 18.2 Å². The van der Waals surface area contributed by atoms with Gasteiger partial charge in [-0.05, 0) is 24.6 Å². The summed E-state index contributed by atoms with van der Waals surface area (Å²) >= 11 is 0. The van der Waals surface area contributed by atoms with E-state index in [1.54, 1.807) is 17.0 Å². The zero-order chi connectivity index (χ0) is 14.0. The van der Waals surface area contributed by atoms with Crippen molar-refractivity contribution in [2.45, 2.75) is 25.1 Å². The molecule has 0 spiro atoms. The molecule has 1 heterocycles. The van der Waals surface area contributed by atoms with Gasteiger partial charge in [0.15, 0.2) is 0 Å². The van der Waals surface area contributed by atoms with Crippen LogP contribution in [0.1, 0.15) is 23.7 Å². The molecule has 0 aliphatic rings. The van der Waals surface area contributed by atoms with Crippen molar-refractivity contribution in [3.63, 3.8) is 0 Å². The standard InChI is InChI=1S/C12H15N3O3S/c1-8(19(2)18)5-6-15-11-4-3-9(12(16)17)7-10(11)13-14-15/h3-4,7-8H,5-6H2,1-2H3,(H,16,17). The van der Waals surface area contributed by atoms with Crippen LogP contribution in [-0.2, 0) is 17.3 Å². The Morgan fingerprint density at radius 1 is 1.53 bits per heavy atom. The number of aryl methyl sites for hydroxylation is 1. The topological polar surface area (TPSA) is 85.1 Å². The van der Waals surface area contributed by atoms with E-state index in [2.05, 4.69) is 10.3 Å². The van der Waals surface area contributed by atoms with Crippen molar-refractivity contribution in [3.05, 3.63) is 23.8 Å². The third kappa shape index (κ3) is 2.98. The lowest BCUT2D eigenvalue weighted by Gasteiger charge is -2.07. The molecule has 0 aliphatic carbocycles. The lowest BCUT2D eigenvalue weighted by atomic mass is 10.2. The molecule has 6 nitrogen and oxygen atoms in total. The second kappa shape index (κ2) is 5.48. The van der Waals surface area contributed by atoms with E-state index in [0.717, 1.165) is 11.9 Å². The fraction of sp³-hybridized carbons (Fsp3) is 0.417. The summed E-state index contributed by atoms with van der Waals surface area (Å²) in [4.78, 5) is 10.9. The molecule has 2 atom stereocenters. The first-order valence-electron chi connectivity index (χ1n) is 5.88. The molecule has 0 saturated heterocycles. The number of hydrogen-bond acceptors (Lipinski definition) is 4. The van der Waals surface area contributed by atoms with Gasteiger partial charge in [0, 0.05) is 28.9 Å². The Bertz CT molecular complexity index is 638. The molecule has 1 aromatic heterocycles. The van der Waals surface area contributed by atoms with E-state index in [9.17, 15) is 9.00 Å². The van der Waals surface area contributed by atoms with Crippen molar-refractivity contribution in [1.29, 1.82) is 0 Å². The van der Waals surface area contributed by atoms with Gasteiger partial charge in [0.05, 0.1) is 11.1 Å². The van der Waals surface area contributed by atoms with Gasteiger partial charge >= 0.3 is 5.97 Å². The van der Waals surface area contributed by atoms with Crippen LogP contribution < -0.4 is 0 Å². The molecule has 102 valence electrons. The smallest absolute Gasteiger partial charge is 0.335 e. The number of hydrogen-bond donors (Lipinski definition) is 1. The van der Waals surface area contributed by atoms with Crippen LogP contribution in [-0.4, -0.2) is 41.8 Å². The molecule has 0 saturated carbocycles. The molecule has 0 fully saturated rings. The summed E-state index contributed by atoms with van der Waals surface area (Å²) in [5, 5.41) is 17.0. The molecule has 2 aromatic rings. The summed E-state index contributed by atoms with van der Waals surface area (Å²) in [5.74, 6) is -0.980. The van der Waals surface area contributed by atoms with Crippen LogP contribution in [0.25, 0.3) is 11.0 Å². The Kier molecular flexibility index (Phi) is 3.94. The number of rotatable bonds is 5. The Balaban J connectivity index is 2.21. The summed E-state index contributed by atoms with van der Waals surface area (Å²) in [6.45, 7) is 2.54. The van der Waals surface area contributed by atoms with Crippen LogP contribution in [0.3, 0.4) is 0 Å². The van der Waals surface area contributed by atoms with Gasteiger partial charge in [0.2, 0.25) is 0 Å². The lowest BCUT2D eigenvalue weighted by Crippen LogP contribution is -2.13. The zero-order valence-corrected chi connectivity index (χ0v) is 11.6. The van der Waals surface area contributed by atoms with Crippen LogP contribution in [0.4, 0.5) is 0 Å². The Morgan fingerprint density at radius 3 is 2.89 bits per heavy atom. The van der Waals surface area contributed by atoms with Crippen LogP contribution in [0.5, 0.6) is 0 Å². The first-order valence-corrected chi connectivity index (χ1v) is 7.50. The summed E-state index contributed by atoms with van der Waals surface area (Å²) in [6.07, 6.45) is 2.42. The zero-order valence-electron chi connectivity index (χ0n) is 10.7. The summed E-state index contributed by atoms with van der Waals surface area (Å²) in [5.41, 5.74) is 1.55. The van der Waals surface area contributed by atoms with Crippen molar-refractivity contribution < 1.29 is 14.1 Å². The van der Waals surface area contributed by atoms with Gasteiger partial charge in [-0.25, -0.2) is 9.48 Å². The third-order valence-electron chi connectivity index (χ3n) is 3.07. The van der Waals surface area contributed by atoms with Crippen molar-refractivity contribution >= 4 is 27.8 Å². The average molecular weight is 281 g/mol. The SMILES string of the molecule is CC(CCn1nnc2cc(C(=O)O)ccc21)S(C)=O. The van der Waals surface area contributed by atoms with Crippen molar-refractivity contribution in [2.75, 3.05) is 6.26 Å². The fourth-order valence-corrected chi connectivity index (χ4v) is 2.18. The monoisotopic (exact) mass is 281 g/mol. The Morgan fingerprint density at radius 2 is 2.26 bits per heavy atom. The fourth-order valence-electron chi connectivity index (χ4n) is 1.74. The Labute approximate surface area is 112 Å². The van der Waals surface area contributed by atoms with E-state index in [1.165, 1.54) is 12.1 Å². The van der Waals surface area contributed by atoms with Crippen LogP contribution in [0.2, 0.25) is 0 Å². The quantitative estimate of drug-likeness (QED) is 0.892. The maximum atomic E-state index is 11.3. The highest BCUT2D eigenvalue weighted by molar-refractivity contribution is 7.84. The van der Waals surface area contributed by atoms with E-state index in [1.807, 2.05) is 6.92 Å². The maximum Gasteiger partial charge on any atom is 0.335 e. The highest BCUT2D eigenvalue weighted by Gasteiger charge is 2.11. The van der Waals surface area contributed by atoms with Crippen molar-refractivity contribution in [1.82, 2.24) is 15.0 Å². The minimum absolute atomic E-state index is 0.0949. The van der Waals surface area contributed by atoms with Gasteiger partial charge < -0.3 is 5.11 Å².